The van der Waals surface area contributed by atoms with Crippen molar-refractivity contribution in [2.45, 2.75) is 13.3 Å². The van der Waals surface area contributed by atoms with Gasteiger partial charge in [-0.3, -0.25) is 4.79 Å². The normalized spacial score (nSPS) is 10.1. The van der Waals surface area contributed by atoms with Gasteiger partial charge in [-0.15, -0.1) is 0 Å². The molecule has 0 fully saturated rings. The summed E-state index contributed by atoms with van der Waals surface area (Å²) in [5.74, 6) is -0.353. The van der Waals surface area contributed by atoms with E-state index in [2.05, 4.69) is 5.32 Å². The first-order chi connectivity index (χ1) is 11.5. The van der Waals surface area contributed by atoms with Crippen LogP contribution in [0.3, 0.4) is 0 Å². The number of carbonyl (C=O) groups excluding carboxylic acids is 1. The number of ether oxygens (including phenoxy) is 2. The second-order valence-electron chi connectivity index (χ2n) is 5.05. The number of carboxylic acid groups (broad SMARTS) is 1. The van der Waals surface area contributed by atoms with Gasteiger partial charge in [-0.25, -0.2) is 4.79 Å². The molecule has 0 aliphatic heterocycles. The van der Waals surface area contributed by atoms with Crippen molar-refractivity contribution in [3.05, 3.63) is 53.6 Å². The van der Waals surface area contributed by atoms with Gasteiger partial charge in [0.05, 0.1) is 25.0 Å². The van der Waals surface area contributed by atoms with Gasteiger partial charge < -0.3 is 19.9 Å². The number of nitrogens with one attached hydrogen (secondary N) is 1. The molecule has 0 aliphatic rings. The summed E-state index contributed by atoms with van der Waals surface area (Å²) in [6.07, 6.45) is 0.798. The first kappa shape index (κ1) is 17.3. The minimum Gasteiger partial charge on any atom is -0.497 e. The van der Waals surface area contributed by atoms with E-state index >= 15 is 0 Å². The summed E-state index contributed by atoms with van der Waals surface area (Å²) in [5, 5.41) is 11.8. The third-order valence-electron chi connectivity index (χ3n) is 3.29. The zero-order valence-electron chi connectivity index (χ0n) is 13.5. The molecule has 0 bridgehead atoms. The standard InChI is InChI=1S/C18H19NO5/c1-3-10-24-16-9-6-13(18(21)22)11-15(16)19-17(20)12-4-7-14(23-2)8-5-12/h4-9,11H,3,10H2,1-2H3,(H,19,20)(H,21,22). The Morgan fingerprint density at radius 2 is 1.75 bits per heavy atom. The van der Waals surface area contributed by atoms with E-state index in [1.165, 1.54) is 12.1 Å². The van der Waals surface area contributed by atoms with Crippen LogP contribution in [0.1, 0.15) is 34.1 Å². The molecule has 126 valence electrons. The molecule has 0 spiro atoms. The monoisotopic (exact) mass is 329 g/mol. The van der Waals surface area contributed by atoms with Crippen LogP contribution in [0.15, 0.2) is 42.5 Å². The molecule has 6 nitrogen and oxygen atoms in total. The average molecular weight is 329 g/mol. The predicted octanol–water partition coefficient (Wildman–Crippen LogP) is 3.43. The number of benzene rings is 2. The summed E-state index contributed by atoms with van der Waals surface area (Å²) in [5.41, 5.74) is 0.825. The zero-order valence-corrected chi connectivity index (χ0v) is 13.5. The van der Waals surface area contributed by atoms with Crippen LogP contribution in [0.25, 0.3) is 0 Å². The molecule has 0 radical (unpaired) electrons. The molecule has 0 aromatic heterocycles. The zero-order chi connectivity index (χ0) is 17.5. The molecule has 0 heterocycles. The fourth-order valence-corrected chi connectivity index (χ4v) is 2.04. The molecular formula is C18H19NO5. The highest BCUT2D eigenvalue weighted by molar-refractivity contribution is 6.05. The molecule has 2 aromatic rings. The summed E-state index contributed by atoms with van der Waals surface area (Å²) >= 11 is 0. The maximum absolute atomic E-state index is 12.4. The van der Waals surface area contributed by atoms with E-state index in [0.29, 0.717) is 29.4 Å². The number of rotatable bonds is 7. The second-order valence-corrected chi connectivity index (χ2v) is 5.05. The van der Waals surface area contributed by atoms with Gasteiger partial charge >= 0.3 is 5.97 Å². The molecule has 0 aliphatic carbocycles. The number of methoxy groups -OCH3 is 1. The first-order valence-corrected chi connectivity index (χ1v) is 7.50. The molecule has 2 rings (SSSR count). The van der Waals surface area contributed by atoms with Crippen molar-refractivity contribution >= 4 is 17.6 Å². The molecule has 1 amide bonds. The quantitative estimate of drug-likeness (QED) is 0.813. The lowest BCUT2D eigenvalue weighted by Crippen LogP contribution is -2.14. The van der Waals surface area contributed by atoms with Gasteiger partial charge in [0.15, 0.2) is 0 Å². The van der Waals surface area contributed by atoms with Crippen LogP contribution < -0.4 is 14.8 Å². The molecule has 0 saturated carbocycles. The molecule has 2 N–H and O–H groups in total. The molecule has 0 unspecified atom stereocenters. The summed E-state index contributed by atoms with van der Waals surface area (Å²) in [7, 11) is 1.55. The Kier molecular flexibility index (Phi) is 5.78. The average Bonchev–Trinajstić information content (AvgIpc) is 2.60. The van der Waals surface area contributed by atoms with Crippen LogP contribution in [0, 0.1) is 0 Å². The van der Waals surface area contributed by atoms with Crippen molar-refractivity contribution in [3.63, 3.8) is 0 Å². The maximum atomic E-state index is 12.4. The van der Waals surface area contributed by atoms with Gasteiger partial charge in [-0.05, 0) is 48.9 Å². The smallest absolute Gasteiger partial charge is 0.335 e. The molecule has 0 atom stereocenters. The van der Waals surface area contributed by atoms with Crippen LogP contribution in [-0.2, 0) is 0 Å². The van der Waals surface area contributed by atoms with Crippen LogP contribution in [0.4, 0.5) is 5.69 Å². The summed E-state index contributed by atoms with van der Waals surface area (Å²) in [6, 6.07) is 11.0. The van der Waals surface area contributed by atoms with E-state index in [4.69, 9.17) is 14.6 Å². The number of amides is 1. The Hall–Kier alpha value is -3.02. The predicted molar refractivity (Wildman–Crippen MR) is 90.1 cm³/mol. The lowest BCUT2D eigenvalue weighted by molar-refractivity contribution is 0.0696. The fourth-order valence-electron chi connectivity index (χ4n) is 2.04. The van der Waals surface area contributed by atoms with Crippen LogP contribution in [0.2, 0.25) is 0 Å². The van der Waals surface area contributed by atoms with Gasteiger partial charge in [0.2, 0.25) is 0 Å². The summed E-state index contributed by atoms with van der Waals surface area (Å²) in [6.45, 7) is 2.43. The largest absolute Gasteiger partial charge is 0.497 e. The molecular weight excluding hydrogens is 310 g/mol. The number of carboxylic acids is 1. The fraction of sp³-hybridized carbons (Fsp3) is 0.222. The van der Waals surface area contributed by atoms with Gasteiger partial charge in [-0.2, -0.15) is 0 Å². The molecule has 0 saturated heterocycles. The van der Waals surface area contributed by atoms with E-state index in [1.807, 2.05) is 6.92 Å². The third kappa shape index (κ3) is 4.25. The minimum absolute atomic E-state index is 0.0730. The van der Waals surface area contributed by atoms with Crippen molar-refractivity contribution in [1.29, 1.82) is 0 Å². The Bertz CT molecular complexity index is 725. The highest BCUT2D eigenvalue weighted by Gasteiger charge is 2.13. The van der Waals surface area contributed by atoms with E-state index in [-0.39, 0.29) is 11.5 Å². The Morgan fingerprint density at radius 1 is 1.08 bits per heavy atom. The maximum Gasteiger partial charge on any atom is 0.335 e. The van der Waals surface area contributed by atoms with E-state index in [0.717, 1.165) is 6.42 Å². The Morgan fingerprint density at radius 3 is 2.33 bits per heavy atom. The molecule has 24 heavy (non-hydrogen) atoms. The van der Waals surface area contributed by atoms with Crippen molar-refractivity contribution in [3.8, 4) is 11.5 Å². The highest BCUT2D eigenvalue weighted by Crippen LogP contribution is 2.27. The van der Waals surface area contributed by atoms with Gasteiger partial charge in [0.1, 0.15) is 11.5 Å². The van der Waals surface area contributed by atoms with Crippen LogP contribution in [-0.4, -0.2) is 30.7 Å². The van der Waals surface area contributed by atoms with Crippen molar-refractivity contribution in [2.24, 2.45) is 0 Å². The third-order valence-corrected chi connectivity index (χ3v) is 3.29. The lowest BCUT2D eigenvalue weighted by atomic mass is 10.1. The highest BCUT2D eigenvalue weighted by atomic mass is 16.5. The van der Waals surface area contributed by atoms with Crippen LogP contribution in [0.5, 0.6) is 11.5 Å². The number of aromatic carboxylic acids is 1. The Balaban J connectivity index is 2.25. The Labute approximate surface area is 140 Å². The summed E-state index contributed by atoms with van der Waals surface area (Å²) < 4.78 is 10.6. The minimum atomic E-state index is -1.07. The number of carbonyl (C=O) groups is 2. The van der Waals surface area contributed by atoms with Crippen LogP contribution >= 0.6 is 0 Å². The second kappa shape index (κ2) is 8.01. The van der Waals surface area contributed by atoms with Crippen molar-refractivity contribution in [2.75, 3.05) is 19.0 Å². The van der Waals surface area contributed by atoms with Gasteiger partial charge in [0, 0.05) is 5.56 Å². The number of hydrogen-bond donors (Lipinski definition) is 2. The van der Waals surface area contributed by atoms with Crippen molar-refractivity contribution in [1.82, 2.24) is 0 Å². The van der Waals surface area contributed by atoms with Gasteiger partial charge in [0.25, 0.3) is 5.91 Å². The SMILES string of the molecule is CCCOc1ccc(C(=O)O)cc1NC(=O)c1ccc(OC)cc1. The van der Waals surface area contributed by atoms with Crippen molar-refractivity contribution < 1.29 is 24.2 Å². The topological polar surface area (TPSA) is 84.9 Å². The van der Waals surface area contributed by atoms with Gasteiger partial charge in [-0.1, -0.05) is 6.92 Å². The van der Waals surface area contributed by atoms with E-state index in [9.17, 15) is 9.59 Å². The number of hydrogen-bond acceptors (Lipinski definition) is 4. The summed E-state index contributed by atoms with van der Waals surface area (Å²) in [4.78, 5) is 23.5. The number of anilines is 1. The lowest BCUT2D eigenvalue weighted by Gasteiger charge is -2.13. The van der Waals surface area contributed by atoms with E-state index in [1.54, 1.807) is 37.4 Å². The first-order valence-electron chi connectivity index (χ1n) is 7.50. The van der Waals surface area contributed by atoms with E-state index < -0.39 is 5.97 Å². The molecule has 6 heteroatoms. The molecule has 2 aromatic carbocycles.